The van der Waals surface area contributed by atoms with Gasteiger partial charge in [0.1, 0.15) is 0 Å². The Morgan fingerprint density at radius 2 is 1.77 bits per heavy atom. The molecule has 0 aromatic heterocycles. The summed E-state index contributed by atoms with van der Waals surface area (Å²) in [6.45, 7) is 8.81. The summed E-state index contributed by atoms with van der Waals surface area (Å²) in [5, 5.41) is 22.7. The first kappa shape index (κ1) is 18.7. The molecule has 0 radical (unpaired) electrons. The SMILES string of the molecule is CC(=O)OC[C@@]1(C)CCC[C@]2(C)[C@@H]1C[C@H](O)[C@@]13CC[C@@](C)(CC[C@@H]21)C3O. The fourth-order valence-electron chi connectivity index (χ4n) is 8.19. The molecular weight excluding hydrogens is 328 g/mol. The predicted octanol–water partition coefficient (Wildman–Crippen LogP) is 3.68. The second-order valence-electron chi connectivity index (χ2n) is 10.9. The lowest BCUT2D eigenvalue weighted by molar-refractivity contribution is -0.246. The highest BCUT2D eigenvalue weighted by Crippen LogP contribution is 2.73. The average Bonchev–Trinajstić information content (AvgIpc) is 2.73. The van der Waals surface area contributed by atoms with Crippen LogP contribution in [0.4, 0.5) is 0 Å². The first-order valence-electron chi connectivity index (χ1n) is 10.6. The van der Waals surface area contributed by atoms with Gasteiger partial charge in [-0.2, -0.15) is 0 Å². The van der Waals surface area contributed by atoms with Crippen LogP contribution in [-0.4, -0.2) is 35.0 Å². The van der Waals surface area contributed by atoms with Crippen molar-refractivity contribution in [2.45, 2.75) is 91.3 Å². The second kappa shape index (κ2) is 5.70. The number of aliphatic hydroxyl groups is 2. The molecule has 1 spiro atoms. The van der Waals surface area contributed by atoms with Gasteiger partial charge in [0.2, 0.25) is 0 Å². The minimum atomic E-state index is -0.447. The summed E-state index contributed by atoms with van der Waals surface area (Å²) in [6, 6.07) is 0. The minimum Gasteiger partial charge on any atom is -0.465 e. The Kier molecular flexibility index (Phi) is 4.11. The van der Waals surface area contributed by atoms with Gasteiger partial charge in [0.25, 0.3) is 0 Å². The van der Waals surface area contributed by atoms with Gasteiger partial charge in [-0.05, 0) is 67.6 Å². The Labute approximate surface area is 157 Å². The molecule has 4 saturated carbocycles. The molecule has 26 heavy (non-hydrogen) atoms. The molecule has 0 aromatic carbocycles. The van der Waals surface area contributed by atoms with E-state index in [2.05, 4.69) is 20.8 Å². The summed E-state index contributed by atoms with van der Waals surface area (Å²) < 4.78 is 5.48. The van der Waals surface area contributed by atoms with E-state index in [0.29, 0.717) is 18.4 Å². The molecule has 148 valence electrons. The van der Waals surface area contributed by atoms with E-state index in [4.69, 9.17) is 4.74 Å². The number of hydrogen-bond donors (Lipinski definition) is 2. The van der Waals surface area contributed by atoms with Crippen molar-refractivity contribution in [2.75, 3.05) is 6.61 Å². The van der Waals surface area contributed by atoms with E-state index in [9.17, 15) is 15.0 Å². The number of esters is 1. The van der Waals surface area contributed by atoms with E-state index in [1.165, 1.54) is 6.92 Å². The van der Waals surface area contributed by atoms with E-state index in [-0.39, 0.29) is 33.7 Å². The molecular formula is C22H36O4. The topological polar surface area (TPSA) is 66.8 Å². The quantitative estimate of drug-likeness (QED) is 0.734. The zero-order valence-corrected chi connectivity index (χ0v) is 16.9. The number of fused-ring (bicyclic) bond motifs is 3. The van der Waals surface area contributed by atoms with Crippen molar-refractivity contribution < 1.29 is 19.7 Å². The molecule has 4 rings (SSSR count). The van der Waals surface area contributed by atoms with Crippen molar-refractivity contribution in [1.29, 1.82) is 0 Å². The fraction of sp³-hybridized carbons (Fsp3) is 0.955. The maximum Gasteiger partial charge on any atom is 0.302 e. The number of hydrogen-bond acceptors (Lipinski definition) is 4. The van der Waals surface area contributed by atoms with Gasteiger partial charge in [0, 0.05) is 17.8 Å². The van der Waals surface area contributed by atoms with Crippen molar-refractivity contribution in [3.8, 4) is 0 Å². The third-order valence-electron chi connectivity index (χ3n) is 9.53. The molecule has 4 aliphatic rings. The maximum absolute atomic E-state index is 11.4. The Morgan fingerprint density at radius 3 is 2.46 bits per heavy atom. The molecule has 1 unspecified atom stereocenters. The largest absolute Gasteiger partial charge is 0.465 e. The fourth-order valence-corrected chi connectivity index (χ4v) is 8.19. The Bertz CT molecular complexity index is 605. The molecule has 4 nitrogen and oxygen atoms in total. The first-order valence-corrected chi connectivity index (χ1v) is 10.6. The number of ether oxygens (including phenoxy) is 1. The molecule has 0 heterocycles. The smallest absolute Gasteiger partial charge is 0.302 e. The van der Waals surface area contributed by atoms with Crippen molar-refractivity contribution in [3.63, 3.8) is 0 Å². The highest BCUT2D eigenvalue weighted by Gasteiger charge is 2.71. The summed E-state index contributed by atoms with van der Waals surface area (Å²) >= 11 is 0. The summed E-state index contributed by atoms with van der Waals surface area (Å²) in [5.74, 6) is 0.489. The van der Waals surface area contributed by atoms with Crippen LogP contribution in [0.25, 0.3) is 0 Å². The predicted molar refractivity (Wildman–Crippen MR) is 99.3 cm³/mol. The molecule has 4 heteroatoms. The summed E-state index contributed by atoms with van der Waals surface area (Å²) in [5.41, 5.74) is -0.307. The van der Waals surface area contributed by atoms with Crippen LogP contribution in [0.15, 0.2) is 0 Å². The summed E-state index contributed by atoms with van der Waals surface area (Å²) in [4.78, 5) is 11.4. The molecule has 0 aliphatic heterocycles. The minimum absolute atomic E-state index is 0.0175. The molecule has 8 atom stereocenters. The van der Waals surface area contributed by atoms with Gasteiger partial charge >= 0.3 is 5.97 Å². The molecule has 2 bridgehead atoms. The van der Waals surface area contributed by atoms with Crippen molar-refractivity contribution in [2.24, 2.45) is 33.5 Å². The second-order valence-corrected chi connectivity index (χ2v) is 10.9. The van der Waals surface area contributed by atoms with Gasteiger partial charge in [-0.3, -0.25) is 4.79 Å². The maximum atomic E-state index is 11.4. The number of carbonyl (C=O) groups excluding carboxylic acids is 1. The lowest BCUT2D eigenvalue weighted by Gasteiger charge is -2.67. The van der Waals surface area contributed by atoms with Crippen molar-refractivity contribution in [1.82, 2.24) is 0 Å². The zero-order chi connectivity index (χ0) is 19.0. The Hall–Kier alpha value is -0.610. The molecule has 0 amide bonds. The number of carbonyl (C=O) groups is 1. The van der Waals surface area contributed by atoms with Crippen LogP contribution in [-0.2, 0) is 9.53 Å². The van der Waals surface area contributed by atoms with Crippen molar-refractivity contribution >= 4 is 5.97 Å². The van der Waals surface area contributed by atoms with Crippen LogP contribution in [0.3, 0.4) is 0 Å². The van der Waals surface area contributed by atoms with E-state index < -0.39 is 6.10 Å². The monoisotopic (exact) mass is 364 g/mol. The third kappa shape index (κ3) is 2.24. The van der Waals surface area contributed by atoms with E-state index in [1.807, 2.05) is 0 Å². The van der Waals surface area contributed by atoms with Gasteiger partial charge in [0.05, 0.1) is 18.8 Å². The first-order chi connectivity index (χ1) is 12.1. The lowest BCUT2D eigenvalue weighted by Crippen LogP contribution is -2.66. The van der Waals surface area contributed by atoms with E-state index >= 15 is 0 Å². The van der Waals surface area contributed by atoms with Crippen LogP contribution in [0.2, 0.25) is 0 Å². The number of aliphatic hydroxyl groups excluding tert-OH is 2. The molecule has 2 N–H and O–H groups in total. The Balaban J connectivity index is 1.72. The van der Waals surface area contributed by atoms with Gasteiger partial charge in [-0.15, -0.1) is 0 Å². The zero-order valence-electron chi connectivity index (χ0n) is 16.9. The van der Waals surface area contributed by atoms with Crippen LogP contribution >= 0.6 is 0 Å². The van der Waals surface area contributed by atoms with E-state index in [1.54, 1.807) is 0 Å². The molecule has 4 fully saturated rings. The van der Waals surface area contributed by atoms with Gasteiger partial charge in [0.15, 0.2) is 0 Å². The van der Waals surface area contributed by atoms with Crippen LogP contribution < -0.4 is 0 Å². The van der Waals surface area contributed by atoms with Crippen LogP contribution in [0.5, 0.6) is 0 Å². The van der Waals surface area contributed by atoms with Gasteiger partial charge in [-0.1, -0.05) is 27.2 Å². The third-order valence-corrected chi connectivity index (χ3v) is 9.53. The van der Waals surface area contributed by atoms with Gasteiger partial charge in [-0.25, -0.2) is 0 Å². The van der Waals surface area contributed by atoms with Crippen molar-refractivity contribution in [3.05, 3.63) is 0 Å². The van der Waals surface area contributed by atoms with Gasteiger partial charge < -0.3 is 14.9 Å². The highest BCUT2D eigenvalue weighted by molar-refractivity contribution is 5.65. The standard InChI is InChI=1S/C22H36O4/c1-14(23)26-13-20(3)7-5-8-21(4)15-6-9-19(2)10-11-22(15,18(19)25)17(24)12-16(20)21/h15-18,24-25H,5-13H2,1-4H3/t15-,16+,17-,18?,19+,20+,21-,22+/m0/s1. The highest BCUT2D eigenvalue weighted by atomic mass is 16.5. The van der Waals surface area contributed by atoms with Crippen LogP contribution in [0, 0.1) is 33.5 Å². The molecule has 0 aromatic rings. The summed E-state index contributed by atoms with van der Waals surface area (Å²) in [6.07, 6.45) is 7.42. The summed E-state index contributed by atoms with van der Waals surface area (Å²) in [7, 11) is 0. The molecule has 4 aliphatic carbocycles. The molecule has 0 saturated heterocycles. The number of rotatable bonds is 2. The Morgan fingerprint density at radius 1 is 1.04 bits per heavy atom. The normalized spacial score (nSPS) is 55.8. The van der Waals surface area contributed by atoms with E-state index in [0.717, 1.165) is 51.4 Å². The lowest BCUT2D eigenvalue weighted by atomic mass is 9.39. The average molecular weight is 365 g/mol. The van der Waals surface area contributed by atoms with Crippen LogP contribution in [0.1, 0.15) is 79.1 Å².